The van der Waals surface area contributed by atoms with Gasteiger partial charge in [0.25, 0.3) is 5.56 Å². The molecule has 6 heteroatoms. The fourth-order valence-electron chi connectivity index (χ4n) is 1.81. The molecule has 0 atom stereocenters. The highest BCUT2D eigenvalue weighted by molar-refractivity contribution is 7.17. The molecule has 3 aromatic rings. The molecule has 1 aromatic carbocycles. The second-order valence-corrected chi connectivity index (χ2v) is 4.62. The first-order valence-electron chi connectivity index (χ1n) is 5.15. The zero-order chi connectivity index (χ0) is 12.7. The van der Waals surface area contributed by atoms with Gasteiger partial charge in [-0.15, -0.1) is 11.3 Å². The molecule has 0 fully saturated rings. The Morgan fingerprint density at radius 2 is 1.83 bits per heavy atom. The second-order valence-electron chi connectivity index (χ2n) is 3.71. The summed E-state index contributed by atoms with van der Waals surface area (Å²) in [7, 11) is 0. The summed E-state index contributed by atoms with van der Waals surface area (Å²) < 4.78 is 14.7. The number of nitrogens with zero attached hydrogens (tertiary/aromatic N) is 1. The van der Waals surface area contributed by atoms with E-state index in [1.54, 1.807) is 11.4 Å². The number of halogens is 1. The van der Waals surface area contributed by atoms with Crippen LogP contribution < -0.4 is 11.2 Å². The lowest BCUT2D eigenvalue weighted by Gasteiger charge is -2.06. The number of thiophene rings is 1. The Morgan fingerprint density at radius 1 is 1.11 bits per heavy atom. The molecule has 0 saturated heterocycles. The third kappa shape index (κ3) is 1.58. The number of aromatic amines is 1. The number of benzene rings is 1. The minimum atomic E-state index is -0.530. The van der Waals surface area contributed by atoms with E-state index in [0.717, 1.165) is 0 Å². The van der Waals surface area contributed by atoms with Gasteiger partial charge >= 0.3 is 5.69 Å². The Labute approximate surface area is 104 Å². The summed E-state index contributed by atoms with van der Waals surface area (Å²) in [5.41, 5.74) is 0.113. The van der Waals surface area contributed by atoms with E-state index in [-0.39, 0.29) is 5.82 Å². The van der Waals surface area contributed by atoms with E-state index in [4.69, 9.17) is 0 Å². The van der Waals surface area contributed by atoms with Crippen molar-refractivity contribution in [2.75, 3.05) is 0 Å². The van der Waals surface area contributed by atoms with Crippen LogP contribution >= 0.6 is 11.3 Å². The zero-order valence-corrected chi connectivity index (χ0v) is 9.83. The van der Waals surface area contributed by atoms with Crippen molar-refractivity contribution >= 4 is 21.6 Å². The van der Waals surface area contributed by atoms with Crippen LogP contribution in [0.2, 0.25) is 0 Å². The first-order valence-corrected chi connectivity index (χ1v) is 6.03. The molecule has 0 spiro atoms. The van der Waals surface area contributed by atoms with Gasteiger partial charge in [0.15, 0.2) is 0 Å². The van der Waals surface area contributed by atoms with Gasteiger partial charge in [-0.3, -0.25) is 14.3 Å². The average molecular weight is 262 g/mol. The smallest absolute Gasteiger partial charge is 0.272 e. The number of aromatic nitrogens is 2. The Hall–Kier alpha value is -2.21. The second kappa shape index (κ2) is 3.92. The van der Waals surface area contributed by atoms with Gasteiger partial charge in [0, 0.05) is 0 Å². The molecule has 3 rings (SSSR count). The molecule has 4 nitrogen and oxygen atoms in total. The predicted molar refractivity (Wildman–Crippen MR) is 68.0 cm³/mol. The van der Waals surface area contributed by atoms with Crippen LogP contribution in [-0.4, -0.2) is 9.55 Å². The fourth-order valence-corrected chi connectivity index (χ4v) is 2.59. The lowest BCUT2D eigenvalue weighted by atomic mass is 10.3. The number of hydrogen-bond donors (Lipinski definition) is 1. The number of nitrogens with one attached hydrogen (secondary N) is 1. The molecule has 0 aliphatic rings. The van der Waals surface area contributed by atoms with Gasteiger partial charge in [-0.05, 0) is 35.7 Å². The maximum absolute atomic E-state index is 12.9. The third-order valence-electron chi connectivity index (χ3n) is 2.60. The van der Waals surface area contributed by atoms with Crippen molar-refractivity contribution in [3.63, 3.8) is 0 Å². The Kier molecular flexibility index (Phi) is 2.38. The van der Waals surface area contributed by atoms with Gasteiger partial charge in [-0.1, -0.05) is 0 Å². The fraction of sp³-hybridized carbons (Fsp3) is 0. The molecule has 0 radical (unpaired) electrons. The molecular formula is C12H7FN2O2S. The molecule has 1 N–H and O–H groups in total. The third-order valence-corrected chi connectivity index (χ3v) is 3.50. The zero-order valence-electron chi connectivity index (χ0n) is 9.01. The van der Waals surface area contributed by atoms with E-state index in [0.29, 0.717) is 15.9 Å². The molecule has 0 amide bonds. The monoisotopic (exact) mass is 262 g/mol. The molecule has 90 valence electrons. The summed E-state index contributed by atoms with van der Waals surface area (Å²) in [4.78, 5) is 25.7. The van der Waals surface area contributed by atoms with Crippen LogP contribution in [-0.2, 0) is 0 Å². The number of hydrogen-bond acceptors (Lipinski definition) is 3. The topological polar surface area (TPSA) is 54.9 Å². The minimum Gasteiger partial charge on any atom is -0.272 e. The SMILES string of the molecule is O=c1[nH]c(=O)n(-c2ccc(F)cc2)c2ccsc12. The van der Waals surface area contributed by atoms with Crippen molar-refractivity contribution in [1.29, 1.82) is 0 Å². The van der Waals surface area contributed by atoms with Crippen molar-refractivity contribution in [1.82, 2.24) is 9.55 Å². The van der Waals surface area contributed by atoms with Crippen molar-refractivity contribution in [3.05, 3.63) is 62.4 Å². The van der Waals surface area contributed by atoms with Crippen molar-refractivity contribution in [2.45, 2.75) is 0 Å². The molecule has 0 unspecified atom stereocenters. The van der Waals surface area contributed by atoms with Crippen LogP contribution in [0.4, 0.5) is 4.39 Å². The van der Waals surface area contributed by atoms with Crippen LogP contribution in [0.5, 0.6) is 0 Å². The highest BCUT2D eigenvalue weighted by Gasteiger charge is 2.09. The van der Waals surface area contributed by atoms with E-state index >= 15 is 0 Å². The minimum absolute atomic E-state index is 0.377. The van der Waals surface area contributed by atoms with Gasteiger partial charge in [0.2, 0.25) is 0 Å². The van der Waals surface area contributed by atoms with Crippen LogP contribution in [0.1, 0.15) is 0 Å². The van der Waals surface area contributed by atoms with Gasteiger partial charge in [0.05, 0.1) is 11.2 Å². The summed E-state index contributed by atoms with van der Waals surface area (Å²) >= 11 is 1.26. The summed E-state index contributed by atoms with van der Waals surface area (Å²) in [6, 6.07) is 7.22. The molecule has 0 aliphatic carbocycles. The highest BCUT2D eigenvalue weighted by Crippen LogP contribution is 2.18. The van der Waals surface area contributed by atoms with E-state index in [2.05, 4.69) is 4.98 Å². The first-order chi connectivity index (χ1) is 8.66. The Bertz CT molecular complexity index is 830. The molecule has 2 heterocycles. The summed E-state index contributed by atoms with van der Waals surface area (Å²) in [6.07, 6.45) is 0. The van der Waals surface area contributed by atoms with Crippen LogP contribution in [0.3, 0.4) is 0 Å². The van der Waals surface area contributed by atoms with Crippen molar-refractivity contribution in [2.24, 2.45) is 0 Å². The van der Waals surface area contributed by atoms with Crippen molar-refractivity contribution < 1.29 is 4.39 Å². The van der Waals surface area contributed by atoms with E-state index in [9.17, 15) is 14.0 Å². The van der Waals surface area contributed by atoms with Gasteiger partial charge < -0.3 is 0 Å². The molecule has 0 bridgehead atoms. The largest absolute Gasteiger partial charge is 0.333 e. The van der Waals surface area contributed by atoms with Gasteiger partial charge in [-0.25, -0.2) is 9.18 Å². The number of rotatable bonds is 1. The normalized spacial score (nSPS) is 10.9. The molecular weight excluding hydrogens is 255 g/mol. The van der Waals surface area contributed by atoms with Crippen LogP contribution in [0, 0.1) is 5.82 Å². The van der Waals surface area contributed by atoms with Crippen LogP contribution in [0.15, 0.2) is 45.3 Å². The van der Waals surface area contributed by atoms with E-state index < -0.39 is 11.2 Å². The maximum atomic E-state index is 12.9. The quantitative estimate of drug-likeness (QED) is 0.728. The molecule has 0 saturated carbocycles. The van der Waals surface area contributed by atoms with Crippen molar-refractivity contribution in [3.8, 4) is 5.69 Å². The standard InChI is InChI=1S/C12H7FN2O2S/c13-7-1-3-8(4-2-7)15-9-5-6-18-10(9)11(16)14-12(15)17/h1-6H,(H,14,16,17). The van der Waals surface area contributed by atoms with E-state index in [1.807, 2.05) is 0 Å². The highest BCUT2D eigenvalue weighted by atomic mass is 32.1. The lowest BCUT2D eigenvalue weighted by molar-refractivity contribution is 0.627. The van der Waals surface area contributed by atoms with Gasteiger partial charge in [0.1, 0.15) is 10.5 Å². The molecule has 2 aromatic heterocycles. The molecule has 0 aliphatic heterocycles. The Morgan fingerprint density at radius 3 is 2.56 bits per heavy atom. The number of fused-ring (bicyclic) bond motifs is 1. The summed E-state index contributed by atoms with van der Waals surface area (Å²) in [5.74, 6) is -0.377. The average Bonchev–Trinajstić information content (AvgIpc) is 2.81. The van der Waals surface area contributed by atoms with Crippen LogP contribution in [0.25, 0.3) is 15.9 Å². The lowest BCUT2D eigenvalue weighted by Crippen LogP contribution is -2.28. The first kappa shape index (κ1) is 10.9. The van der Waals surface area contributed by atoms with Gasteiger partial charge in [-0.2, -0.15) is 0 Å². The summed E-state index contributed by atoms with van der Waals surface area (Å²) in [5, 5.41) is 1.74. The molecule has 18 heavy (non-hydrogen) atoms. The number of H-pyrrole nitrogens is 1. The summed E-state index contributed by atoms with van der Waals surface area (Å²) in [6.45, 7) is 0. The maximum Gasteiger partial charge on any atom is 0.333 e. The van der Waals surface area contributed by atoms with E-state index in [1.165, 1.54) is 40.2 Å². The predicted octanol–water partition coefficient (Wildman–Crippen LogP) is 1.88. The Balaban J connectivity index is 2.42.